The molecule has 1 heterocycles. The van der Waals surface area contributed by atoms with Crippen molar-refractivity contribution in [3.63, 3.8) is 0 Å². The van der Waals surface area contributed by atoms with Crippen LogP contribution in [-0.2, 0) is 16.0 Å². The SMILES string of the molecule is CCC(=O)CNC(=O)Cc1cccc(-c2ccccn2)c1. The highest BCUT2D eigenvalue weighted by Crippen LogP contribution is 2.17. The highest BCUT2D eigenvalue weighted by atomic mass is 16.2. The van der Waals surface area contributed by atoms with Crippen molar-refractivity contribution >= 4 is 11.7 Å². The zero-order chi connectivity index (χ0) is 15.1. The van der Waals surface area contributed by atoms with Crippen LogP contribution in [0.4, 0.5) is 0 Å². The summed E-state index contributed by atoms with van der Waals surface area (Å²) in [5.41, 5.74) is 2.76. The number of amides is 1. The lowest BCUT2D eigenvalue weighted by molar-refractivity contribution is -0.124. The molecule has 0 saturated carbocycles. The van der Waals surface area contributed by atoms with Gasteiger partial charge in [-0.3, -0.25) is 14.6 Å². The van der Waals surface area contributed by atoms with Crippen molar-refractivity contribution in [3.8, 4) is 11.3 Å². The average molecular weight is 282 g/mol. The molecule has 0 aliphatic carbocycles. The Morgan fingerprint density at radius 2 is 2.00 bits per heavy atom. The molecule has 0 fully saturated rings. The number of nitrogens with zero attached hydrogens (tertiary/aromatic N) is 1. The predicted molar refractivity (Wildman–Crippen MR) is 81.7 cm³/mol. The molecule has 0 aliphatic rings. The van der Waals surface area contributed by atoms with Crippen LogP contribution in [0.5, 0.6) is 0 Å². The molecule has 0 atom stereocenters. The van der Waals surface area contributed by atoms with Gasteiger partial charge in [0.2, 0.25) is 5.91 Å². The van der Waals surface area contributed by atoms with Crippen molar-refractivity contribution in [2.45, 2.75) is 19.8 Å². The number of hydrogen-bond acceptors (Lipinski definition) is 3. The van der Waals surface area contributed by atoms with Crippen LogP contribution in [0.1, 0.15) is 18.9 Å². The van der Waals surface area contributed by atoms with Gasteiger partial charge in [0.05, 0.1) is 18.7 Å². The Kier molecular flexibility index (Phi) is 5.21. The number of rotatable bonds is 6. The topological polar surface area (TPSA) is 59.1 Å². The van der Waals surface area contributed by atoms with E-state index in [0.717, 1.165) is 16.8 Å². The predicted octanol–water partition coefficient (Wildman–Crippen LogP) is 2.39. The molecule has 0 unspecified atom stereocenters. The third-order valence-electron chi connectivity index (χ3n) is 3.13. The fourth-order valence-corrected chi connectivity index (χ4v) is 1.94. The third kappa shape index (κ3) is 4.53. The second-order valence-electron chi connectivity index (χ2n) is 4.76. The second-order valence-corrected chi connectivity index (χ2v) is 4.76. The van der Waals surface area contributed by atoms with Crippen LogP contribution >= 0.6 is 0 Å². The molecular formula is C17H18N2O2. The van der Waals surface area contributed by atoms with Gasteiger partial charge in [-0.1, -0.05) is 31.2 Å². The molecule has 1 N–H and O–H groups in total. The van der Waals surface area contributed by atoms with Crippen LogP contribution in [0, 0.1) is 0 Å². The maximum Gasteiger partial charge on any atom is 0.224 e. The highest BCUT2D eigenvalue weighted by molar-refractivity contribution is 5.86. The molecule has 108 valence electrons. The molecule has 4 nitrogen and oxygen atoms in total. The van der Waals surface area contributed by atoms with Gasteiger partial charge in [-0.05, 0) is 23.8 Å². The van der Waals surface area contributed by atoms with Gasteiger partial charge < -0.3 is 5.32 Å². The Hall–Kier alpha value is -2.49. The Morgan fingerprint density at radius 1 is 1.14 bits per heavy atom. The van der Waals surface area contributed by atoms with E-state index in [1.165, 1.54) is 0 Å². The first-order valence-electron chi connectivity index (χ1n) is 6.97. The number of aromatic nitrogens is 1. The fraction of sp³-hybridized carbons (Fsp3) is 0.235. The van der Waals surface area contributed by atoms with Gasteiger partial charge in [0, 0.05) is 18.2 Å². The lowest BCUT2D eigenvalue weighted by atomic mass is 10.1. The maximum atomic E-state index is 11.8. The molecule has 0 aliphatic heterocycles. The van der Waals surface area contributed by atoms with Gasteiger partial charge in [-0.25, -0.2) is 0 Å². The minimum Gasteiger partial charge on any atom is -0.349 e. The molecule has 0 radical (unpaired) electrons. The Morgan fingerprint density at radius 3 is 2.71 bits per heavy atom. The van der Waals surface area contributed by atoms with Gasteiger partial charge in [-0.15, -0.1) is 0 Å². The number of ketones is 1. The van der Waals surface area contributed by atoms with E-state index in [1.807, 2.05) is 42.5 Å². The summed E-state index contributed by atoms with van der Waals surface area (Å²) in [5, 5.41) is 2.64. The van der Waals surface area contributed by atoms with Crippen LogP contribution in [0.25, 0.3) is 11.3 Å². The molecule has 21 heavy (non-hydrogen) atoms. The summed E-state index contributed by atoms with van der Waals surface area (Å²) >= 11 is 0. The Balaban J connectivity index is 2.01. The van der Waals surface area contributed by atoms with E-state index in [4.69, 9.17) is 0 Å². The zero-order valence-corrected chi connectivity index (χ0v) is 12.0. The number of pyridine rings is 1. The molecule has 0 saturated heterocycles. The summed E-state index contributed by atoms with van der Waals surface area (Å²) in [6.07, 6.45) is 2.44. The monoisotopic (exact) mass is 282 g/mol. The van der Waals surface area contributed by atoms with Crippen molar-refractivity contribution in [3.05, 3.63) is 54.2 Å². The van der Waals surface area contributed by atoms with E-state index in [-0.39, 0.29) is 24.7 Å². The number of carbonyl (C=O) groups is 2. The minimum atomic E-state index is -0.144. The number of carbonyl (C=O) groups excluding carboxylic acids is 2. The summed E-state index contributed by atoms with van der Waals surface area (Å²) in [6, 6.07) is 13.4. The summed E-state index contributed by atoms with van der Waals surface area (Å²) in [6.45, 7) is 1.89. The molecule has 4 heteroatoms. The fourth-order valence-electron chi connectivity index (χ4n) is 1.94. The summed E-state index contributed by atoms with van der Waals surface area (Å²) < 4.78 is 0. The van der Waals surface area contributed by atoms with Gasteiger partial charge in [-0.2, -0.15) is 0 Å². The van der Waals surface area contributed by atoms with E-state index in [0.29, 0.717) is 6.42 Å². The summed E-state index contributed by atoms with van der Waals surface area (Å²) in [7, 11) is 0. The zero-order valence-electron chi connectivity index (χ0n) is 12.0. The number of benzene rings is 1. The van der Waals surface area contributed by atoms with Crippen LogP contribution in [-0.4, -0.2) is 23.2 Å². The van der Waals surface area contributed by atoms with Crippen molar-refractivity contribution in [2.24, 2.45) is 0 Å². The smallest absolute Gasteiger partial charge is 0.224 e. The first-order valence-corrected chi connectivity index (χ1v) is 6.97. The maximum absolute atomic E-state index is 11.8. The van der Waals surface area contributed by atoms with E-state index in [2.05, 4.69) is 10.3 Å². The van der Waals surface area contributed by atoms with Gasteiger partial charge >= 0.3 is 0 Å². The van der Waals surface area contributed by atoms with Crippen LogP contribution in [0.3, 0.4) is 0 Å². The molecule has 2 aromatic rings. The van der Waals surface area contributed by atoms with E-state index in [1.54, 1.807) is 13.1 Å². The summed E-state index contributed by atoms with van der Waals surface area (Å²) in [4.78, 5) is 27.3. The first kappa shape index (κ1) is 14.9. The second kappa shape index (κ2) is 7.33. The molecule has 2 rings (SSSR count). The number of hydrogen-bond donors (Lipinski definition) is 1. The van der Waals surface area contributed by atoms with Crippen molar-refractivity contribution in [1.82, 2.24) is 10.3 Å². The lowest BCUT2D eigenvalue weighted by Gasteiger charge is -2.06. The number of nitrogens with one attached hydrogen (secondary N) is 1. The minimum absolute atomic E-state index is 0.0330. The third-order valence-corrected chi connectivity index (χ3v) is 3.13. The average Bonchev–Trinajstić information content (AvgIpc) is 2.53. The molecule has 1 aromatic carbocycles. The van der Waals surface area contributed by atoms with Crippen LogP contribution in [0.2, 0.25) is 0 Å². The van der Waals surface area contributed by atoms with Crippen molar-refractivity contribution in [1.29, 1.82) is 0 Å². The Labute approximate surface area is 124 Å². The van der Waals surface area contributed by atoms with Crippen LogP contribution < -0.4 is 5.32 Å². The largest absolute Gasteiger partial charge is 0.349 e. The highest BCUT2D eigenvalue weighted by Gasteiger charge is 2.06. The van der Waals surface area contributed by atoms with Gasteiger partial charge in [0.25, 0.3) is 0 Å². The van der Waals surface area contributed by atoms with Crippen LogP contribution in [0.15, 0.2) is 48.7 Å². The molecule has 0 bridgehead atoms. The lowest BCUT2D eigenvalue weighted by Crippen LogP contribution is -2.30. The van der Waals surface area contributed by atoms with Gasteiger partial charge in [0.1, 0.15) is 0 Å². The van der Waals surface area contributed by atoms with E-state index >= 15 is 0 Å². The van der Waals surface area contributed by atoms with E-state index < -0.39 is 0 Å². The number of Topliss-reactive ketones (excluding diaryl/α,β-unsaturated/α-hetero) is 1. The molecule has 1 aromatic heterocycles. The summed E-state index contributed by atoms with van der Waals surface area (Å²) in [5.74, 6) is -0.111. The Bertz CT molecular complexity index is 624. The van der Waals surface area contributed by atoms with Gasteiger partial charge in [0.15, 0.2) is 5.78 Å². The molecular weight excluding hydrogens is 264 g/mol. The standard InChI is InChI=1S/C17H18N2O2/c1-2-15(20)12-19-17(21)11-13-6-5-7-14(10-13)16-8-3-4-9-18-16/h3-10H,2,11-12H2,1H3,(H,19,21). The molecule has 1 amide bonds. The normalized spacial score (nSPS) is 10.1. The first-order chi connectivity index (χ1) is 10.2. The van der Waals surface area contributed by atoms with Crippen molar-refractivity contribution < 1.29 is 9.59 Å². The van der Waals surface area contributed by atoms with Crippen molar-refractivity contribution in [2.75, 3.05) is 6.54 Å². The molecule has 0 spiro atoms. The quantitative estimate of drug-likeness (QED) is 0.885. The van der Waals surface area contributed by atoms with E-state index in [9.17, 15) is 9.59 Å².